The Morgan fingerprint density at radius 2 is 1.47 bits per heavy atom. The van der Waals surface area contributed by atoms with E-state index in [2.05, 4.69) is 5.32 Å². The number of ether oxygens (including phenoxy) is 1. The first-order valence-corrected chi connectivity index (χ1v) is 15.1. The predicted molar refractivity (Wildman–Crippen MR) is 137 cm³/mol. The minimum absolute atomic E-state index is 0.0312. The number of hydrogen-bond donors (Lipinski definition) is 1. The molecule has 0 spiro atoms. The Kier molecular flexibility index (Phi) is 8.03. The van der Waals surface area contributed by atoms with E-state index in [1.165, 1.54) is 21.8 Å². The molecule has 2 aromatic rings. The second-order valence-corrected chi connectivity index (χ2v) is 13.2. The van der Waals surface area contributed by atoms with Gasteiger partial charge in [0.25, 0.3) is 0 Å². The van der Waals surface area contributed by atoms with Crippen molar-refractivity contribution in [1.29, 1.82) is 0 Å². The summed E-state index contributed by atoms with van der Waals surface area (Å²) in [7, 11) is -5.95. The Labute approximate surface area is 213 Å². The Balaban J connectivity index is 1.43. The molecule has 0 aliphatic carbocycles. The van der Waals surface area contributed by atoms with Crippen LogP contribution in [0.2, 0.25) is 0 Å². The lowest BCUT2D eigenvalue weighted by molar-refractivity contribution is -0.120. The Bertz CT molecular complexity index is 1300. The number of sulfonamides is 2. The number of carbonyl (C=O) groups is 1. The smallest absolute Gasteiger partial charge is 0.246 e. The van der Waals surface area contributed by atoms with E-state index >= 15 is 0 Å². The summed E-state index contributed by atoms with van der Waals surface area (Å²) in [5, 5.41) is 2.82. The molecule has 2 fully saturated rings. The fraction of sp³-hybridized carbons (Fsp3) is 0.480. The van der Waals surface area contributed by atoms with Crippen molar-refractivity contribution < 1.29 is 26.4 Å². The fourth-order valence-corrected chi connectivity index (χ4v) is 7.83. The van der Waals surface area contributed by atoms with Crippen LogP contribution in [0.25, 0.3) is 0 Å². The van der Waals surface area contributed by atoms with E-state index < -0.39 is 20.0 Å². The molecule has 9 nitrogen and oxygen atoms in total. The first-order valence-electron chi connectivity index (χ1n) is 12.2. The zero-order valence-corrected chi connectivity index (χ0v) is 22.3. The number of hydrogen-bond acceptors (Lipinski definition) is 6. The van der Waals surface area contributed by atoms with Gasteiger partial charge in [0.2, 0.25) is 26.0 Å². The molecule has 0 bridgehead atoms. The summed E-state index contributed by atoms with van der Waals surface area (Å²) in [6.07, 6.45) is 3.40. The topological polar surface area (TPSA) is 113 Å². The summed E-state index contributed by atoms with van der Waals surface area (Å²) in [4.78, 5) is 13.3. The van der Waals surface area contributed by atoms with Crippen LogP contribution in [-0.4, -0.2) is 64.6 Å². The van der Waals surface area contributed by atoms with E-state index in [0.717, 1.165) is 24.8 Å². The zero-order chi connectivity index (χ0) is 25.9. The molecular formula is C25H33N3O6S2. The highest BCUT2D eigenvalue weighted by molar-refractivity contribution is 7.89. The molecule has 2 aliphatic rings. The van der Waals surface area contributed by atoms with Gasteiger partial charge >= 0.3 is 0 Å². The van der Waals surface area contributed by atoms with Crippen molar-refractivity contribution in [3.05, 3.63) is 48.0 Å². The lowest BCUT2D eigenvalue weighted by Gasteiger charge is -2.30. The molecule has 0 unspecified atom stereocenters. The molecular weight excluding hydrogens is 502 g/mol. The maximum atomic E-state index is 13.2. The number of nitrogens with one attached hydrogen (secondary N) is 1. The normalized spacial score (nSPS) is 18.6. The molecule has 2 saturated heterocycles. The summed E-state index contributed by atoms with van der Waals surface area (Å²) >= 11 is 0. The molecule has 2 aromatic carbocycles. The minimum atomic E-state index is -3.76. The molecule has 196 valence electrons. The van der Waals surface area contributed by atoms with Gasteiger partial charge in [0.1, 0.15) is 10.6 Å². The van der Waals surface area contributed by atoms with Crippen LogP contribution in [-0.2, 0) is 24.8 Å². The third kappa shape index (κ3) is 5.59. The van der Waals surface area contributed by atoms with Gasteiger partial charge in [-0.3, -0.25) is 4.79 Å². The molecule has 11 heteroatoms. The highest BCUT2D eigenvalue weighted by Gasteiger charge is 2.33. The maximum absolute atomic E-state index is 13.2. The first-order chi connectivity index (χ1) is 17.1. The van der Waals surface area contributed by atoms with Gasteiger partial charge in [-0.2, -0.15) is 8.61 Å². The van der Waals surface area contributed by atoms with Crippen LogP contribution in [0.15, 0.2) is 52.3 Å². The van der Waals surface area contributed by atoms with E-state index in [1.54, 1.807) is 36.4 Å². The number of nitrogens with zero attached hydrogens (tertiary/aromatic N) is 2. The Morgan fingerprint density at radius 3 is 2.08 bits per heavy atom. The van der Waals surface area contributed by atoms with Crippen LogP contribution in [0.4, 0.5) is 5.69 Å². The summed E-state index contributed by atoms with van der Waals surface area (Å²) in [5.74, 6) is -0.402. The van der Waals surface area contributed by atoms with Crippen LogP contribution in [0.3, 0.4) is 0 Å². The van der Waals surface area contributed by atoms with Crippen LogP contribution in [0.5, 0.6) is 5.75 Å². The average Bonchev–Trinajstić information content (AvgIpc) is 2.89. The lowest BCUT2D eigenvalue weighted by Crippen LogP contribution is -2.41. The Morgan fingerprint density at radius 1 is 0.861 bits per heavy atom. The van der Waals surface area contributed by atoms with E-state index in [9.17, 15) is 21.6 Å². The maximum Gasteiger partial charge on any atom is 0.246 e. The van der Waals surface area contributed by atoms with Crippen molar-refractivity contribution in [2.24, 2.45) is 5.92 Å². The average molecular weight is 536 g/mol. The van der Waals surface area contributed by atoms with Gasteiger partial charge in [0, 0.05) is 37.8 Å². The number of benzene rings is 2. The van der Waals surface area contributed by atoms with Crippen LogP contribution in [0, 0.1) is 12.8 Å². The number of anilines is 1. The zero-order valence-electron chi connectivity index (χ0n) is 20.6. The molecule has 1 amide bonds. The second kappa shape index (κ2) is 10.9. The second-order valence-electron chi connectivity index (χ2n) is 9.31. The molecule has 0 aromatic heterocycles. The largest absolute Gasteiger partial charge is 0.495 e. The van der Waals surface area contributed by atoms with Crippen LogP contribution >= 0.6 is 0 Å². The van der Waals surface area contributed by atoms with Crippen molar-refractivity contribution in [1.82, 2.24) is 8.61 Å². The van der Waals surface area contributed by atoms with E-state index in [4.69, 9.17) is 4.74 Å². The first kappa shape index (κ1) is 26.6. The van der Waals surface area contributed by atoms with Crippen molar-refractivity contribution in [3.8, 4) is 5.75 Å². The van der Waals surface area contributed by atoms with Gasteiger partial charge in [-0.25, -0.2) is 16.8 Å². The summed E-state index contributed by atoms with van der Waals surface area (Å²) in [6.45, 7) is 3.31. The van der Waals surface area contributed by atoms with E-state index in [0.29, 0.717) is 31.6 Å². The molecule has 0 atom stereocenters. The highest BCUT2D eigenvalue weighted by Crippen LogP contribution is 2.32. The number of aryl methyl sites for hydroxylation is 1. The molecule has 2 heterocycles. The SMILES string of the molecule is COc1ccc(NC(=O)C2CCN(S(=O)(=O)c3ccc(C)cc3)CC2)cc1S(=O)(=O)N1CCCCC1. The monoisotopic (exact) mass is 535 g/mol. The fourth-order valence-electron chi connectivity index (χ4n) is 4.66. The van der Waals surface area contributed by atoms with Gasteiger partial charge < -0.3 is 10.1 Å². The molecule has 0 saturated carbocycles. The molecule has 0 radical (unpaired) electrons. The van der Waals surface area contributed by atoms with E-state index in [1.807, 2.05) is 6.92 Å². The van der Waals surface area contributed by atoms with Gasteiger partial charge in [0.15, 0.2) is 0 Å². The van der Waals surface area contributed by atoms with Gasteiger partial charge in [-0.15, -0.1) is 0 Å². The third-order valence-corrected chi connectivity index (χ3v) is 10.7. The standard InChI is InChI=1S/C25H33N3O6S2/c1-19-6-9-22(10-7-19)35(30,31)28-16-12-20(13-17-28)25(29)26-21-8-11-23(34-2)24(18-21)36(32,33)27-14-4-3-5-15-27/h6-11,18,20H,3-5,12-17H2,1-2H3,(H,26,29). The number of piperidine rings is 2. The summed E-state index contributed by atoms with van der Waals surface area (Å²) in [5.41, 5.74) is 1.35. The summed E-state index contributed by atoms with van der Waals surface area (Å²) < 4.78 is 60.6. The highest BCUT2D eigenvalue weighted by atomic mass is 32.2. The number of rotatable bonds is 7. The van der Waals surface area contributed by atoms with Gasteiger partial charge in [0.05, 0.1) is 12.0 Å². The quantitative estimate of drug-likeness (QED) is 0.583. The van der Waals surface area contributed by atoms with Crippen molar-refractivity contribution in [2.45, 2.75) is 48.8 Å². The lowest BCUT2D eigenvalue weighted by atomic mass is 9.97. The van der Waals surface area contributed by atoms with Crippen LogP contribution < -0.4 is 10.1 Å². The van der Waals surface area contributed by atoms with Crippen LogP contribution in [0.1, 0.15) is 37.7 Å². The van der Waals surface area contributed by atoms with E-state index in [-0.39, 0.29) is 40.5 Å². The van der Waals surface area contributed by atoms with Gasteiger partial charge in [-0.05, 0) is 62.9 Å². The summed E-state index contributed by atoms with van der Waals surface area (Å²) in [6, 6.07) is 11.3. The van der Waals surface area contributed by atoms with Crippen molar-refractivity contribution in [2.75, 3.05) is 38.6 Å². The number of methoxy groups -OCH3 is 1. The number of amides is 1. The third-order valence-electron chi connectivity index (χ3n) is 6.85. The van der Waals surface area contributed by atoms with Crippen molar-refractivity contribution in [3.63, 3.8) is 0 Å². The number of carbonyl (C=O) groups excluding carboxylic acids is 1. The molecule has 1 N–H and O–H groups in total. The molecule has 2 aliphatic heterocycles. The van der Waals surface area contributed by atoms with Crippen molar-refractivity contribution >= 4 is 31.6 Å². The minimum Gasteiger partial charge on any atom is -0.495 e. The molecule has 36 heavy (non-hydrogen) atoms. The predicted octanol–water partition coefficient (Wildman–Crippen LogP) is 3.22. The molecule has 4 rings (SSSR count). The van der Waals surface area contributed by atoms with Gasteiger partial charge in [-0.1, -0.05) is 24.1 Å². The Hall–Kier alpha value is -2.47.